The highest BCUT2D eigenvalue weighted by Gasteiger charge is 2.71. The zero-order valence-electron chi connectivity index (χ0n) is 24.8. The van der Waals surface area contributed by atoms with E-state index in [0.717, 1.165) is 22.4 Å². The van der Waals surface area contributed by atoms with Crippen LogP contribution >= 0.6 is 0 Å². The van der Waals surface area contributed by atoms with Crippen LogP contribution in [0.4, 0.5) is 0 Å². The number of hydrogen-bond acceptors (Lipinski definition) is 7. The summed E-state index contributed by atoms with van der Waals surface area (Å²) in [6, 6.07) is 13.7. The van der Waals surface area contributed by atoms with Crippen molar-refractivity contribution in [3.05, 3.63) is 71.4 Å². The number of fused-ring (bicyclic) bond motifs is 5. The van der Waals surface area contributed by atoms with E-state index in [1.807, 2.05) is 43.4 Å². The minimum Gasteiger partial charge on any atom is -0.374 e. The third kappa shape index (κ3) is 3.86. The maximum atomic E-state index is 14.2. The average Bonchev–Trinajstić information content (AvgIpc) is 3.66. The monoisotopic (exact) mass is 599 g/mol. The van der Waals surface area contributed by atoms with Gasteiger partial charge in [0.25, 0.3) is 11.8 Å². The Morgan fingerprint density at radius 2 is 1.93 bits per heavy atom. The molecule has 2 aromatic carbocycles. The summed E-state index contributed by atoms with van der Waals surface area (Å²) in [6.45, 7) is 1.96. The first-order chi connectivity index (χ1) is 21.1. The van der Waals surface area contributed by atoms with Crippen molar-refractivity contribution in [2.24, 2.45) is 5.92 Å². The fourth-order valence-electron chi connectivity index (χ4n) is 8.67. The van der Waals surface area contributed by atoms with Crippen molar-refractivity contribution in [2.75, 3.05) is 13.6 Å². The van der Waals surface area contributed by atoms with E-state index in [1.165, 1.54) is 28.3 Å². The van der Waals surface area contributed by atoms with Gasteiger partial charge in [0.15, 0.2) is 0 Å². The Balaban J connectivity index is 1.08. The number of carbonyl (C=O) groups is 3. The first kappa shape index (κ1) is 27.8. The number of H-pyrrole nitrogens is 1. The lowest BCUT2D eigenvalue weighted by Gasteiger charge is -2.49. The second kappa shape index (κ2) is 9.61. The molecule has 11 heteroatoms. The third-order valence-electron chi connectivity index (χ3n) is 10.7. The summed E-state index contributed by atoms with van der Waals surface area (Å²) >= 11 is 0. The van der Waals surface area contributed by atoms with Gasteiger partial charge >= 0.3 is 0 Å². The maximum absolute atomic E-state index is 14.2. The molecule has 2 unspecified atom stereocenters. The second-order valence-electron chi connectivity index (χ2n) is 13.3. The number of aromatic nitrogens is 1. The molecule has 4 N–H and O–H groups in total. The molecule has 4 fully saturated rings. The Morgan fingerprint density at radius 1 is 1.14 bits per heavy atom. The van der Waals surface area contributed by atoms with E-state index in [4.69, 9.17) is 4.74 Å². The molecule has 5 heterocycles. The van der Waals surface area contributed by atoms with Crippen LogP contribution in [0.1, 0.15) is 48.8 Å². The molecule has 44 heavy (non-hydrogen) atoms. The zero-order chi connectivity index (χ0) is 30.5. The van der Waals surface area contributed by atoms with Crippen LogP contribution < -0.4 is 5.32 Å². The fourth-order valence-corrected chi connectivity index (χ4v) is 8.67. The van der Waals surface area contributed by atoms with Crippen molar-refractivity contribution in [2.45, 2.75) is 80.9 Å². The Morgan fingerprint density at radius 3 is 2.73 bits per heavy atom. The SMILES string of the molecule is CN1CC(C(=O)N[C@]2(C)O[C@@]3(O)[C@@H]4CCC(O)N4C(=O)[C@H](Cc4ccccc4)N3C2=O)C[C@@H]2c3cccc4[nH]cc(c34)C[C@H]21. The number of piperidine rings is 1. The molecule has 8 atom stereocenters. The zero-order valence-corrected chi connectivity index (χ0v) is 24.8. The van der Waals surface area contributed by atoms with Crippen molar-refractivity contribution < 1.29 is 29.3 Å². The number of rotatable bonds is 4. The number of ether oxygens (including phenoxy) is 1. The number of benzene rings is 2. The van der Waals surface area contributed by atoms with Crippen molar-refractivity contribution >= 4 is 28.6 Å². The molecule has 3 aromatic rings. The molecule has 11 nitrogen and oxygen atoms in total. The molecule has 0 spiro atoms. The van der Waals surface area contributed by atoms with E-state index in [1.54, 1.807) is 0 Å². The topological polar surface area (TPSA) is 138 Å². The van der Waals surface area contributed by atoms with Crippen molar-refractivity contribution in [3.8, 4) is 0 Å². The number of piperazine rings is 1. The highest BCUT2D eigenvalue weighted by Crippen LogP contribution is 2.48. The van der Waals surface area contributed by atoms with E-state index in [2.05, 4.69) is 33.5 Å². The lowest BCUT2D eigenvalue weighted by Crippen LogP contribution is -2.72. The van der Waals surface area contributed by atoms with Gasteiger partial charge in [0.1, 0.15) is 18.3 Å². The van der Waals surface area contributed by atoms with Crippen molar-refractivity contribution in [3.63, 3.8) is 0 Å². The van der Waals surface area contributed by atoms with Gasteiger partial charge in [-0.1, -0.05) is 42.5 Å². The molecule has 3 amide bonds. The van der Waals surface area contributed by atoms with Crippen molar-refractivity contribution in [1.29, 1.82) is 0 Å². The Bertz CT molecular complexity index is 1680. The van der Waals surface area contributed by atoms with Crippen LogP contribution in [0.15, 0.2) is 54.7 Å². The average molecular weight is 600 g/mol. The number of nitrogens with one attached hydrogen (secondary N) is 2. The number of hydrogen-bond donors (Lipinski definition) is 4. The first-order valence-electron chi connectivity index (χ1n) is 15.5. The van der Waals surface area contributed by atoms with E-state index < -0.39 is 47.7 Å². The summed E-state index contributed by atoms with van der Waals surface area (Å²) in [4.78, 5) is 49.9. The molecule has 8 rings (SSSR count). The molecular weight excluding hydrogens is 562 g/mol. The molecule has 1 aromatic heterocycles. The van der Waals surface area contributed by atoms with Gasteiger partial charge < -0.3 is 30.3 Å². The fraction of sp³-hybridized carbons (Fsp3) is 0.485. The van der Waals surface area contributed by atoms with Crippen LogP contribution in [-0.4, -0.2) is 97.2 Å². The number of likely N-dealkylation sites (N-methyl/N-ethyl adjacent to an activating group) is 1. The quantitative estimate of drug-likeness (QED) is 0.356. The van der Waals surface area contributed by atoms with Crippen LogP contribution in [-0.2, 0) is 32.0 Å². The standard InChI is InChI=1S/C33H37N5O6/c1-32(35-29(40)20-14-22-21-9-6-10-23-28(21)19(16-34-23)15-24(22)36(2)17-20)31(42)38-25(13-18-7-4-3-5-8-18)30(41)37-26(11-12-27(37)39)33(38,43)44-32/h3-10,16,20,22,24-27,34,39,43H,11-15,17H2,1-2H3,(H,35,40)/t20?,22-,24-,25+,26+,27?,32-,33+/m1/s1. The lowest BCUT2D eigenvalue weighted by atomic mass is 9.72. The Labute approximate surface area is 254 Å². The molecule has 0 bridgehead atoms. The molecule has 1 aliphatic carbocycles. The summed E-state index contributed by atoms with van der Waals surface area (Å²) in [5, 5.41) is 26.9. The second-order valence-corrected chi connectivity index (χ2v) is 13.3. The maximum Gasteiger partial charge on any atom is 0.280 e. The van der Waals surface area contributed by atoms with Gasteiger partial charge in [-0.2, -0.15) is 0 Å². The van der Waals surface area contributed by atoms with E-state index >= 15 is 0 Å². The molecule has 0 radical (unpaired) electrons. The van der Waals surface area contributed by atoms with Crippen LogP contribution in [0.25, 0.3) is 10.9 Å². The minimum absolute atomic E-state index is 0.125. The number of likely N-dealkylation sites (tertiary alicyclic amines) is 1. The van der Waals surface area contributed by atoms with Gasteiger partial charge in [-0.3, -0.25) is 24.0 Å². The predicted molar refractivity (Wildman–Crippen MR) is 159 cm³/mol. The predicted octanol–water partition coefficient (Wildman–Crippen LogP) is 1.40. The summed E-state index contributed by atoms with van der Waals surface area (Å²) in [7, 11) is 2.04. The normalized spacial score (nSPS) is 36.4. The van der Waals surface area contributed by atoms with E-state index in [0.29, 0.717) is 13.0 Å². The van der Waals surface area contributed by atoms with Gasteiger partial charge in [-0.15, -0.1) is 0 Å². The number of nitrogens with zero attached hydrogens (tertiary/aromatic N) is 3. The number of aliphatic hydroxyl groups is 2. The number of amides is 3. The van der Waals surface area contributed by atoms with Gasteiger partial charge in [0.2, 0.25) is 17.5 Å². The lowest BCUT2D eigenvalue weighted by molar-refractivity contribution is -0.319. The van der Waals surface area contributed by atoms with E-state index in [9.17, 15) is 24.6 Å². The van der Waals surface area contributed by atoms with Gasteiger partial charge in [-0.05, 0) is 62.4 Å². The van der Waals surface area contributed by atoms with Crippen LogP contribution in [0.2, 0.25) is 0 Å². The van der Waals surface area contributed by atoms with Gasteiger partial charge in [-0.25, -0.2) is 0 Å². The number of aliphatic hydroxyl groups excluding tert-OH is 1. The van der Waals surface area contributed by atoms with Gasteiger partial charge in [0, 0.05) is 42.0 Å². The summed E-state index contributed by atoms with van der Waals surface area (Å²) < 4.78 is 6.19. The molecular formula is C33H37N5O6. The third-order valence-corrected chi connectivity index (χ3v) is 10.7. The molecule has 4 aliphatic heterocycles. The largest absolute Gasteiger partial charge is 0.374 e. The van der Waals surface area contributed by atoms with Gasteiger partial charge in [0.05, 0.1) is 5.92 Å². The van der Waals surface area contributed by atoms with Crippen LogP contribution in [0, 0.1) is 5.92 Å². The minimum atomic E-state index is -2.21. The smallest absolute Gasteiger partial charge is 0.280 e. The Kier molecular flexibility index (Phi) is 6.06. The summed E-state index contributed by atoms with van der Waals surface area (Å²) in [5.41, 5.74) is 2.50. The highest BCUT2D eigenvalue weighted by atomic mass is 16.7. The highest BCUT2D eigenvalue weighted by molar-refractivity contribution is 5.97. The summed E-state index contributed by atoms with van der Waals surface area (Å²) in [6.07, 6.45) is 3.12. The molecule has 4 saturated heterocycles. The first-order valence-corrected chi connectivity index (χ1v) is 15.5. The molecule has 5 aliphatic rings. The van der Waals surface area contributed by atoms with E-state index in [-0.39, 0.29) is 37.1 Å². The molecule has 0 saturated carbocycles. The number of aromatic amines is 1. The molecule has 230 valence electrons. The number of carbonyl (C=O) groups excluding carboxylic acids is 3. The van der Waals surface area contributed by atoms with Crippen molar-refractivity contribution in [1.82, 2.24) is 25.0 Å². The van der Waals surface area contributed by atoms with Crippen LogP contribution in [0.3, 0.4) is 0 Å². The van der Waals surface area contributed by atoms with Crippen LogP contribution in [0.5, 0.6) is 0 Å². The Hall–Kier alpha value is -3.77. The summed E-state index contributed by atoms with van der Waals surface area (Å²) in [5.74, 6) is -3.95.